The number of carbonyl (C=O) groups is 1. The molecule has 100 valence electrons. The van der Waals surface area contributed by atoms with E-state index < -0.39 is 24.7 Å². The Hall–Kier alpha value is -0.820. The van der Waals surface area contributed by atoms with E-state index in [1.165, 1.54) is 0 Å². The lowest BCUT2D eigenvalue weighted by atomic mass is 10.0. The summed E-state index contributed by atoms with van der Waals surface area (Å²) in [6.07, 6.45) is -3.80. The summed E-state index contributed by atoms with van der Waals surface area (Å²) in [6.45, 7) is 1.97. The van der Waals surface area contributed by atoms with Gasteiger partial charge in [-0.3, -0.25) is 9.69 Å². The number of alkyl halides is 3. The van der Waals surface area contributed by atoms with Crippen molar-refractivity contribution in [3.63, 3.8) is 0 Å². The van der Waals surface area contributed by atoms with E-state index in [0.717, 1.165) is 0 Å². The molecule has 2 unspecified atom stereocenters. The maximum absolute atomic E-state index is 12.6. The number of nitrogens with one attached hydrogen (secondary N) is 1. The predicted octanol–water partition coefficient (Wildman–Crippen LogP) is 0.334. The molecule has 1 rings (SSSR count). The number of hydrogen-bond acceptors (Lipinski definition) is 3. The number of nitrogens with two attached hydrogens (primary N) is 1. The molecule has 0 saturated carbocycles. The Balaban J connectivity index is 2.67. The lowest BCUT2D eigenvalue weighted by molar-refractivity contribution is -0.179. The summed E-state index contributed by atoms with van der Waals surface area (Å²) in [5.41, 5.74) is 5.15. The molecule has 1 aliphatic rings. The Morgan fingerprint density at radius 2 is 2.24 bits per heavy atom. The molecule has 4 nitrogen and oxygen atoms in total. The van der Waals surface area contributed by atoms with Crippen LogP contribution in [0.2, 0.25) is 0 Å². The van der Waals surface area contributed by atoms with Crippen molar-refractivity contribution >= 4 is 5.91 Å². The minimum absolute atomic E-state index is 0.198. The maximum Gasteiger partial charge on any atom is 0.394 e. The lowest BCUT2D eigenvalue weighted by Crippen LogP contribution is -2.57. The van der Waals surface area contributed by atoms with Crippen LogP contribution < -0.4 is 11.1 Å². The SMILES string of the molecule is CCC1C(=O)NCCN1CC(CN)C(F)(F)F. The Morgan fingerprint density at radius 1 is 1.59 bits per heavy atom. The van der Waals surface area contributed by atoms with Gasteiger partial charge in [-0.05, 0) is 6.42 Å². The van der Waals surface area contributed by atoms with E-state index >= 15 is 0 Å². The summed E-state index contributed by atoms with van der Waals surface area (Å²) in [4.78, 5) is 13.1. The third-order valence-corrected chi connectivity index (χ3v) is 3.03. The molecule has 1 saturated heterocycles. The highest BCUT2D eigenvalue weighted by atomic mass is 19.4. The van der Waals surface area contributed by atoms with Crippen LogP contribution in [0.3, 0.4) is 0 Å². The minimum atomic E-state index is -4.30. The molecule has 0 radical (unpaired) electrons. The third-order valence-electron chi connectivity index (χ3n) is 3.03. The molecular formula is C10H18F3N3O. The van der Waals surface area contributed by atoms with Crippen LogP contribution in [0.15, 0.2) is 0 Å². The van der Waals surface area contributed by atoms with Gasteiger partial charge in [0, 0.05) is 26.2 Å². The molecule has 2 atom stereocenters. The van der Waals surface area contributed by atoms with Crippen LogP contribution in [-0.2, 0) is 4.79 Å². The molecule has 3 N–H and O–H groups in total. The van der Waals surface area contributed by atoms with Gasteiger partial charge in [0.1, 0.15) is 0 Å². The summed E-state index contributed by atoms with van der Waals surface area (Å²) >= 11 is 0. The Morgan fingerprint density at radius 3 is 2.71 bits per heavy atom. The first-order valence-corrected chi connectivity index (χ1v) is 5.68. The number of hydrogen-bond donors (Lipinski definition) is 2. The summed E-state index contributed by atoms with van der Waals surface area (Å²) in [5.74, 6) is -1.76. The molecule has 1 amide bonds. The van der Waals surface area contributed by atoms with E-state index in [2.05, 4.69) is 5.32 Å². The van der Waals surface area contributed by atoms with Crippen LogP contribution in [0, 0.1) is 5.92 Å². The summed E-state index contributed by atoms with van der Waals surface area (Å²) in [7, 11) is 0. The molecule has 0 aromatic heterocycles. The van der Waals surface area contributed by atoms with Gasteiger partial charge in [-0.1, -0.05) is 6.92 Å². The van der Waals surface area contributed by atoms with Gasteiger partial charge in [0.05, 0.1) is 12.0 Å². The van der Waals surface area contributed by atoms with Gasteiger partial charge < -0.3 is 11.1 Å². The fourth-order valence-corrected chi connectivity index (χ4v) is 2.02. The summed E-state index contributed by atoms with van der Waals surface area (Å²) < 4.78 is 37.8. The lowest BCUT2D eigenvalue weighted by Gasteiger charge is -2.36. The van der Waals surface area contributed by atoms with E-state index in [1.807, 2.05) is 0 Å². The van der Waals surface area contributed by atoms with Crippen LogP contribution in [-0.4, -0.2) is 49.2 Å². The van der Waals surface area contributed by atoms with E-state index in [9.17, 15) is 18.0 Å². The normalized spacial score (nSPS) is 24.5. The summed E-state index contributed by atoms with van der Waals surface area (Å²) in [6, 6.07) is -0.472. The number of carbonyl (C=O) groups excluding carboxylic acids is 1. The predicted molar refractivity (Wildman–Crippen MR) is 57.3 cm³/mol. The first-order valence-electron chi connectivity index (χ1n) is 5.68. The standard InChI is InChI=1S/C10H18F3N3O/c1-2-8-9(17)15-3-4-16(8)6-7(5-14)10(11,12)13/h7-8H,2-6,14H2,1H3,(H,15,17). The molecule has 17 heavy (non-hydrogen) atoms. The van der Waals surface area contributed by atoms with Gasteiger partial charge >= 0.3 is 6.18 Å². The highest BCUT2D eigenvalue weighted by molar-refractivity contribution is 5.82. The molecule has 0 aliphatic carbocycles. The number of nitrogens with zero attached hydrogens (tertiary/aromatic N) is 1. The van der Waals surface area contributed by atoms with E-state index in [-0.39, 0.29) is 12.5 Å². The molecule has 1 aliphatic heterocycles. The molecular weight excluding hydrogens is 235 g/mol. The van der Waals surface area contributed by atoms with Gasteiger partial charge in [0.2, 0.25) is 5.91 Å². The molecule has 0 spiro atoms. The molecule has 1 fully saturated rings. The fraction of sp³-hybridized carbons (Fsp3) is 0.900. The van der Waals surface area contributed by atoms with E-state index in [0.29, 0.717) is 19.5 Å². The molecule has 1 heterocycles. The van der Waals surface area contributed by atoms with Gasteiger partial charge in [-0.2, -0.15) is 13.2 Å². The monoisotopic (exact) mass is 253 g/mol. The van der Waals surface area contributed by atoms with Crippen molar-refractivity contribution in [3.05, 3.63) is 0 Å². The highest BCUT2D eigenvalue weighted by Gasteiger charge is 2.41. The van der Waals surface area contributed by atoms with Gasteiger partial charge in [0.15, 0.2) is 0 Å². The van der Waals surface area contributed by atoms with Crippen molar-refractivity contribution in [2.45, 2.75) is 25.6 Å². The number of rotatable bonds is 4. The van der Waals surface area contributed by atoms with Crippen molar-refractivity contribution in [1.82, 2.24) is 10.2 Å². The fourth-order valence-electron chi connectivity index (χ4n) is 2.02. The van der Waals surface area contributed by atoms with Gasteiger partial charge in [-0.15, -0.1) is 0 Å². The highest BCUT2D eigenvalue weighted by Crippen LogP contribution is 2.27. The number of halogens is 3. The molecule has 0 bridgehead atoms. The summed E-state index contributed by atoms with van der Waals surface area (Å²) in [5, 5.41) is 2.65. The minimum Gasteiger partial charge on any atom is -0.353 e. The van der Waals surface area contributed by atoms with Crippen molar-refractivity contribution < 1.29 is 18.0 Å². The van der Waals surface area contributed by atoms with Crippen molar-refractivity contribution in [2.24, 2.45) is 11.7 Å². The van der Waals surface area contributed by atoms with Crippen molar-refractivity contribution in [1.29, 1.82) is 0 Å². The van der Waals surface area contributed by atoms with Gasteiger partial charge in [-0.25, -0.2) is 0 Å². The average Bonchev–Trinajstić information content (AvgIpc) is 2.24. The molecule has 0 aromatic rings. The quantitative estimate of drug-likeness (QED) is 0.759. The smallest absolute Gasteiger partial charge is 0.353 e. The topological polar surface area (TPSA) is 58.4 Å². The zero-order chi connectivity index (χ0) is 13.1. The second-order valence-corrected chi connectivity index (χ2v) is 4.18. The van der Waals surface area contributed by atoms with Crippen LogP contribution in [0.4, 0.5) is 13.2 Å². The van der Waals surface area contributed by atoms with E-state index in [4.69, 9.17) is 5.73 Å². The Labute approximate surface area is 98.3 Å². The van der Waals surface area contributed by atoms with Crippen LogP contribution >= 0.6 is 0 Å². The van der Waals surface area contributed by atoms with Crippen LogP contribution in [0.5, 0.6) is 0 Å². The second kappa shape index (κ2) is 5.68. The average molecular weight is 253 g/mol. The van der Waals surface area contributed by atoms with Crippen molar-refractivity contribution in [2.75, 3.05) is 26.2 Å². The first-order chi connectivity index (χ1) is 7.90. The molecule has 0 aromatic carbocycles. The Bertz CT molecular complexity index is 270. The first kappa shape index (κ1) is 14.2. The maximum atomic E-state index is 12.6. The molecule has 7 heteroatoms. The zero-order valence-electron chi connectivity index (χ0n) is 9.76. The third kappa shape index (κ3) is 3.57. The van der Waals surface area contributed by atoms with Crippen molar-refractivity contribution in [3.8, 4) is 0 Å². The zero-order valence-corrected chi connectivity index (χ0v) is 9.76. The van der Waals surface area contributed by atoms with Crippen LogP contribution in [0.1, 0.15) is 13.3 Å². The second-order valence-electron chi connectivity index (χ2n) is 4.18. The largest absolute Gasteiger partial charge is 0.394 e. The number of amides is 1. The number of piperazine rings is 1. The van der Waals surface area contributed by atoms with Crippen LogP contribution in [0.25, 0.3) is 0 Å². The Kier molecular flexibility index (Phi) is 4.76. The van der Waals surface area contributed by atoms with E-state index in [1.54, 1.807) is 11.8 Å². The van der Waals surface area contributed by atoms with Gasteiger partial charge in [0.25, 0.3) is 0 Å².